The molecule has 108 valence electrons. The first-order chi connectivity index (χ1) is 9.40. The van der Waals surface area contributed by atoms with Crippen LogP contribution in [0, 0.1) is 27.7 Å². The van der Waals surface area contributed by atoms with E-state index in [1.54, 1.807) is 0 Å². The molecule has 2 heteroatoms. The molecule has 2 rings (SSSR count). The van der Waals surface area contributed by atoms with E-state index >= 15 is 0 Å². The zero-order valence-electron chi connectivity index (χ0n) is 13.4. The van der Waals surface area contributed by atoms with Crippen molar-refractivity contribution in [3.63, 3.8) is 0 Å². The maximum Gasteiger partial charge on any atom is 0.134 e. The summed E-state index contributed by atoms with van der Waals surface area (Å²) in [6, 6.07) is 6.87. The summed E-state index contributed by atoms with van der Waals surface area (Å²) >= 11 is 0. The second kappa shape index (κ2) is 5.84. The zero-order chi connectivity index (χ0) is 14.9. The normalized spacial score (nSPS) is 11.3. The van der Waals surface area contributed by atoms with E-state index in [0.29, 0.717) is 6.04 Å². The molecule has 1 aromatic heterocycles. The molecule has 1 heterocycles. The fourth-order valence-corrected chi connectivity index (χ4v) is 2.50. The molecule has 0 spiro atoms. The van der Waals surface area contributed by atoms with Crippen molar-refractivity contribution in [3.05, 3.63) is 46.2 Å². The van der Waals surface area contributed by atoms with Crippen LogP contribution >= 0.6 is 0 Å². The first kappa shape index (κ1) is 14.9. The monoisotopic (exact) mass is 271 g/mol. The number of hydrogen-bond donors (Lipinski definition) is 1. The number of nitrogens with one attached hydrogen (secondary N) is 1. The molecule has 0 fully saturated rings. The standard InChI is InChI=1S/C18H25NO/c1-11(2)19-10-16-7-8-17(20-16)18-14(5)12(3)9-13(4)15(18)6/h7-9,11,19H,10H2,1-6H3. The second-order valence-corrected chi connectivity index (χ2v) is 5.94. The summed E-state index contributed by atoms with van der Waals surface area (Å²) in [4.78, 5) is 0. The minimum absolute atomic E-state index is 0.466. The van der Waals surface area contributed by atoms with Crippen LogP contribution in [0.3, 0.4) is 0 Å². The van der Waals surface area contributed by atoms with Crippen molar-refractivity contribution in [1.29, 1.82) is 0 Å². The highest BCUT2D eigenvalue weighted by Crippen LogP contribution is 2.32. The van der Waals surface area contributed by atoms with Gasteiger partial charge >= 0.3 is 0 Å². The van der Waals surface area contributed by atoms with Gasteiger partial charge in [0.05, 0.1) is 6.54 Å². The van der Waals surface area contributed by atoms with Gasteiger partial charge in [-0.15, -0.1) is 0 Å². The minimum Gasteiger partial charge on any atom is -0.460 e. The summed E-state index contributed by atoms with van der Waals surface area (Å²) in [6.45, 7) is 13.7. The maximum atomic E-state index is 6.03. The number of furan rings is 1. The van der Waals surface area contributed by atoms with Crippen molar-refractivity contribution in [3.8, 4) is 11.3 Å². The molecule has 2 nitrogen and oxygen atoms in total. The lowest BCUT2D eigenvalue weighted by Gasteiger charge is -2.13. The van der Waals surface area contributed by atoms with Gasteiger partial charge in [0, 0.05) is 11.6 Å². The Balaban J connectivity index is 2.37. The van der Waals surface area contributed by atoms with Crippen LogP contribution in [0.2, 0.25) is 0 Å². The van der Waals surface area contributed by atoms with Crippen LogP contribution in [0.4, 0.5) is 0 Å². The summed E-state index contributed by atoms with van der Waals surface area (Å²) in [5.41, 5.74) is 6.51. The predicted molar refractivity (Wildman–Crippen MR) is 85.1 cm³/mol. The molecule has 0 saturated heterocycles. The molecule has 1 aromatic carbocycles. The fourth-order valence-electron chi connectivity index (χ4n) is 2.50. The molecule has 0 atom stereocenters. The first-order valence-electron chi connectivity index (χ1n) is 7.30. The Kier molecular flexibility index (Phi) is 4.34. The van der Waals surface area contributed by atoms with Crippen molar-refractivity contribution in [2.75, 3.05) is 0 Å². The Labute approximate surface area is 122 Å². The largest absolute Gasteiger partial charge is 0.460 e. The van der Waals surface area contributed by atoms with Gasteiger partial charge in [0.2, 0.25) is 0 Å². The van der Waals surface area contributed by atoms with Gasteiger partial charge in [-0.05, 0) is 62.1 Å². The summed E-state index contributed by atoms with van der Waals surface area (Å²) in [7, 11) is 0. The van der Waals surface area contributed by atoms with E-state index in [1.807, 2.05) is 0 Å². The van der Waals surface area contributed by atoms with Crippen LogP contribution in [0.15, 0.2) is 22.6 Å². The van der Waals surface area contributed by atoms with Crippen LogP contribution in [0.25, 0.3) is 11.3 Å². The van der Waals surface area contributed by atoms with E-state index in [0.717, 1.165) is 18.1 Å². The van der Waals surface area contributed by atoms with Crippen molar-refractivity contribution >= 4 is 0 Å². The SMILES string of the molecule is Cc1cc(C)c(C)c(-c2ccc(CNC(C)C)o2)c1C. The van der Waals surface area contributed by atoms with Crippen LogP contribution in [-0.4, -0.2) is 6.04 Å². The van der Waals surface area contributed by atoms with Crippen LogP contribution in [0.5, 0.6) is 0 Å². The highest BCUT2D eigenvalue weighted by molar-refractivity contribution is 5.69. The van der Waals surface area contributed by atoms with E-state index in [2.05, 4.69) is 65.1 Å². The summed E-state index contributed by atoms with van der Waals surface area (Å²) < 4.78 is 6.03. The molecule has 0 amide bonds. The first-order valence-corrected chi connectivity index (χ1v) is 7.30. The van der Waals surface area contributed by atoms with Gasteiger partial charge < -0.3 is 9.73 Å². The van der Waals surface area contributed by atoms with E-state index < -0.39 is 0 Å². The lowest BCUT2D eigenvalue weighted by atomic mass is 9.93. The summed E-state index contributed by atoms with van der Waals surface area (Å²) in [5.74, 6) is 1.97. The van der Waals surface area contributed by atoms with Crippen LogP contribution in [-0.2, 0) is 6.54 Å². The number of aryl methyl sites for hydroxylation is 2. The van der Waals surface area contributed by atoms with Crippen molar-refractivity contribution in [2.24, 2.45) is 0 Å². The molecular formula is C18H25NO. The number of benzene rings is 1. The van der Waals surface area contributed by atoms with Gasteiger partial charge in [-0.1, -0.05) is 19.9 Å². The number of rotatable bonds is 4. The molecule has 0 saturated carbocycles. The maximum absolute atomic E-state index is 6.03. The molecule has 0 aliphatic carbocycles. The highest BCUT2D eigenvalue weighted by Gasteiger charge is 2.14. The molecule has 0 aliphatic heterocycles. The minimum atomic E-state index is 0.466. The fraction of sp³-hybridized carbons (Fsp3) is 0.444. The molecule has 0 aliphatic rings. The van der Waals surface area contributed by atoms with Gasteiger partial charge in [0.25, 0.3) is 0 Å². The second-order valence-electron chi connectivity index (χ2n) is 5.94. The molecule has 20 heavy (non-hydrogen) atoms. The van der Waals surface area contributed by atoms with E-state index in [4.69, 9.17) is 4.42 Å². The Morgan fingerprint density at radius 3 is 2.15 bits per heavy atom. The van der Waals surface area contributed by atoms with E-state index in [-0.39, 0.29) is 0 Å². The smallest absolute Gasteiger partial charge is 0.134 e. The highest BCUT2D eigenvalue weighted by atomic mass is 16.3. The Morgan fingerprint density at radius 1 is 1.00 bits per heavy atom. The predicted octanol–water partition coefficient (Wildman–Crippen LogP) is 4.68. The number of hydrogen-bond acceptors (Lipinski definition) is 2. The lowest BCUT2D eigenvalue weighted by Crippen LogP contribution is -2.21. The van der Waals surface area contributed by atoms with E-state index in [1.165, 1.54) is 27.8 Å². The third kappa shape index (κ3) is 2.96. The molecule has 0 radical (unpaired) electrons. The zero-order valence-corrected chi connectivity index (χ0v) is 13.4. The Bertz CT molecular complexity index is 582. The third-order valence-electron chi connectivity index (χ3n) is 3.96. The van der Waals surface area contributed by atoms with Gasteiger partial charge in [0.1, 0.15) is 11.5 Å². The third-order valence-corrected chi connectivity index (χ3v) is 3.96. The van der Waals surface area contributed by atoms with Crippen molar-refractivity contribution < 1.29 is 4.42 Å². The van der Waals surface area contributed by atoms with Gasteiger partial charge in [-0.2, -0.15) is 0 Å². The quantitative estimate of drug-likeness (QED) is 0.873. The van der Waals surface area contributed by atoms with Crippen LogP contribution < -0.4 is 5.32 Å². The van der Waals surface area contributed by atoms with Gasteiger partial charge in [-0.25, -0.2) is 0 Å². The average molecular weight is 271 g/mol. The molecule has 2 aromatic rings. The van der Waals surface area contributed by atoms with Crippen molar-refractivity contribution in [2.45, 2.75) is 54.1 Å². The van der Waals surface area contributed by atoms with Gasteiger partial charge in [0.15, 0.2) is 0 Å². The molecule has 0 unspecified atom stereocenters. The average Bonchev–Trinajstić information content (AvgIpc) is 2.83. The Morgan fingerprint density at radius 2 is 1.60 bits per heavy atom. The topological polar surface area (TPSA) is 25.2 Å². The summed E-state index contributed by atoms with van der Waals surface area (Å²) in [6.07, 6.45) is 0. The van der Waals surface area contributed by atoms with Crippen molar-refractivity contribution in [1.82, 2.24) is 5.32 Å². The lowest BCUT2D eigenvalue weighted by molar-refractivity contribution is 0.473. The Hall–Kier alpha value is -1.54. The van der Waals surface area contributed by atoms with Gasteiger partial charge in [-0.3, -0.25) is 0 Å². The molecular weight excluding hydrogens is 246 g/mol. The summed E-state index contributed by atoms with van der Waals surface area (Å²) in [5, 5.41) is 3.38. The molecule has 0 bridgehead atoms. The van der Waals surface area contributed by atoms with E-state index in [9.17, 15) is 0 Å². The van der Waals surface area contributed by atoms with Crippen LogP contribution in [0.1, 0.15) is 41.9 Å². The molecule has 1 N–H and O–H groups in total.